The highest BCUT2D eigenvalue weighted by atomic mass is 31.2. The van der Waals surface area contributed by atoms with Crippen molar-refractivity contribution in [1.82, 2.24) is 0 Å². The van der Waals surface area contributed by atoms with Crippen molar-refractivity contribution >= 4 is 29.1 Å². The summed E-state index contributed by atoms with van der Waals surface area (Å²) in [5.74, 6) is 0.458. The van der Waals surface area contributed by atoms with Crippen LogP contribution in [-0.4, -0.2) is 19.7 Å². The standard InChI is InChI=1S/C29H28O3P/c1-3-32-29(30)23-19-20-28(31-2)24(21-23)22-33(25-13-7-4-8-14-25,26-15-9-5-10-16-26)27-17-11-6-12-18-27/h4-21H,3,22H2,1-2H3/q+1. The van der Waals surface area contributed by atoms with Gasteiger partial charge < -0.3 is 9.47 Å². The van der Waals surface area contributed by atoms with Gasteiger partial charge in [-0.2, -0.15) is 0 Å². The van der Waals surface area contributed by atoms with Crippen molar-refractivity contribution in [3.63, 3.8) is 0 Å². The van der Waals surface area contributed by atoms with Crippen LogP contribution in [0.4, 0.5) is 0 Å². The fourth-order valence-electron chi connectivity index (χ4n) is 4.27. The summed E-state index contributed by atoms with van der Waals surface area (Å²) in [6.07, 6.45) is 0.724. The number of carbonyl (C=O) groups is 1. The first kappa shape index (κ1) is 22.8. The number of ether oxygens (including phenoxy) is 2. The van der Waals surface area contributed by atoms with Gasteiger partial charge in [-0.15, -0.1) is 0 Å². The average molecular weight is 456 g/mol. The van der Waals surface area contributed by atoms with E-state index in [-0.39, 0.29) is 5.97 Å². The van der Waals surface area contributed by atoms with Gasteiger partial charge in [-0.25, -0.2) is 4.79 Å². The molecule has 0 aliphatic heterocycles. The second-order valence-corrected chi connectivity index (χ2v) is 11.2. The van der Waals surface area contributed by atoms with Crippen molar-refractivity contribution in [3.05, 3.63) is 120 Å². The number of benzene rings is 4. The number of rotatable bonds is 8. The molecule has 0 N–H and O–H groups in total. The van der Waals surface area contributed by atoms with Gasteiger partial charge in [-0.1, -0.05) is 54.6 Å². The Morgan fingerprint density at radius 1 is 0.727 bits per heavy atom. The molecule has 0 saturated heterocycles. The molecule has 0 spiro atoms. The number of esters is 1. The average Bonchev–Trinajstić information content (AvgIpc) is 2.89. The van der Waals surface area contributed by atoms with Crippen molar-refractivity contribution in [3.8, 4) is 5.75 Å². The molecule has 4 rings (SSSR count). The molecule has 0 bridgehead atoms. The molecule has 3 nitrogen and oxygen atoms in total. The zero-order valence-corrected chi connectivity index (χ0v) is 19.9. The van der Waals surface area contributed by atoms with Gasteiger partial charge in [0.2, 0.25) is 0 Å². The lowest BCUT2D eigenvalue weighted by Crippen LogP contribution is -2.32. The van der Waals surface area contributed by atoms with Gasteiger partial charge in [0.05, 0.1) is 19.3 Å². The Bertz CT molecular complexity index is 1090. The maximum Gasteiger partial charge on any atom is 0.338 e. The van der Waals surface area contributed by atoms with Crippen LogP contribution in [0.15, 0.2) is 109 Å². The normalized spacial score (nSPS) is 11.1. The molecule has 0 atom stereocenters. The van der Waals surface area contributed by atoms with E-state index in [9.17, 15) is 4.79 Å². The first-order valence-electron chi connectivity index (χ1n) is 11.1. The molecule has 0 aromatic heterocycles. The van der Waals surface area contributed by atoms with Crippen LogP contribution in [-0.2, 0) is 10.9 Å². The van der Waals surface area contributed by atoms with Crippen molar-refractivity contribution in [2.75, 3.05) is 13.7 Å². The molecular formula is C29H28O3P+. The van der Waals surface area contributed by atoms with Crippen LogP contribution >= 0.6 is 7.26 Å². The summed E-state index contributed by atoms with van der Waals surface area (Å²) in [7, 11) is -0.436. The van der Waals surface area contributed by atoms with Crippen LogP contribution in [0.1, 0.15) is 22.8 Å². The highest BCUT2D eigenvalue weighted by molar-refractivity contribution is 7.95. The summed E-state index contributed by atoms with van der Waals surface area (Å²) in [4.78, 5) is 12.5. The molecule has 0 aliphatic rings. The minimum atomic E-state index is -2.11. The summed E-state index contributed by atoms with van der Waals surface area (Å²) >= 11 is 0. The van der Waals surface area contributed by atoms with Crippen molar-refractivity contribution < 1.29 is 14.3 Å². The molecular weight excluding hydrogens is 427 g/mol. The van der Waals surface area contributed by atoms with Crippen molar-refractivity contribution in [1.29, 1.82) is 0 Å². The van der Waals surface area contributed by atoms with Gasteiger partial charge in [0.1, 0.15) is 35.1 Å². The third-order valence-corrected chi connectivity index (χ3v) is 10.1. The Labute approximate surface area is 196 Å². The SMILES string of the molecule is CCOC(=O)c1ccc(OC)c(C[P+](c2ccccc2)(c2ccccc2)c2ccccc2)c1. The molecule has 0 aliphatic carbocycles. The molecule has 33 heavy (non-hydrogen) atoms. The quantitative estimate of drug-likeness (QED) is 0.265. The van der Waals surface area contributed by atoms with Crippen LogP contribution < -0.4 is 20.7 Å². The van der Waals surface area contributed by atoms with Gasteiger partial charge >= 0.3 is 5.97 Å². The summed E-state index contributed by atoms with van der Waals surface area (Å²) < 4.78 is 11.0. The van der Waals surface area contributed by atoms with E-state index in [2.05, 4.69) is 91.0 Å². The fraction of sp³-hybridized carbons (Fsp3) is 0.138. The first-order chi connectivity index (χ1) is 16.2. The van der Waals surface area contributed by atoms with Gasteiger partial charge in [-0.05, 0) is 61.5 Å². The number of hydrogen-bond acceptors (Lipinski definition) is 3. The number of hydrogen-bond donors (Lipinski definition) is 0. The van der Waals surface area contributed by atoms with E-state index >= 15 is 0 Å². The summed E-state index contributed by atoms with van der Waals surface area (Å²) in [6, 6.07) is 37.6. The zero-order chi connectivity index (χ0) is 23.1. The molecule has 0 unspecified atom stereocenters. The molecule has 4 aromatic carbocycles. The molecule has 0 radical (unpaired) electrons. The summed E-state index contributed by atoms with van der Waals surface area (Å²) in [6.45, 7) is 2.16. The number of methoxy groups -OCH3 is 1. The third kappa shape index (κ3) is 4.69. The maximum absolute atomic E-state index is 12.5. The van der Waals surface area contributed by atoms with Crippen LogP contribution in [0.5, 0.6) is 5.75 Å². The van der Waals surface area contributed by atoms with E-state index in [0.717, 1.165) is 17.5 Å². The molecule has 4 heteroatoms. The molecule has 0 fully saturated rings. The number of carbonyl (C=O) groups excluding carboxylic acids is 1. The Morgan fingerprint density at radius 2 is 1.21 bits per heavy atom. The minimum absolute atomic E-state index is 0.315. The van der Waals surface area contributed by atoms with Crippen LogP contribution in [0, 0.1) is 0 Å². The van der Waals surface area contributed by atoms with Crippen LogP contribution in [0.2, 0.25) is 0 Å². The predicted molar refractivity (Wildman–Crippen MR) is 138 cm³/mol. The highest BCUT2D eigenvalue weighted by Gasteiger charge is 2.46. The predicted octanol–water partition coefficient (Wildman–Crippen LogP) is 5.37. The lowest BCUT2D eigenvalue weighted by molar-refractivity contribution is 0.0526. The molecule has 0 amide bonds. The maximum atomic E-state index is 12.5. The lowest BCUT2D eigenvalue weighted by atomic mass is 10.1. The van der Waals surface area contributed by atoms with E-state index in [1.807, 2.05) is 19.1 Å². The summed E-state index contributed by atoms with van der Waals surface area (Å²) in [5.41, 5.74) is 1.54. The largest absolute Gasteiger partial charge is 0.496 e. The van der Waals surface area contributed by atoms with Gasteiger partial charge in [-0.3, -0.25) is 0 Å². The van der Waals surface area contributed by atoms with E-state index in [1.165, 1.54) is 15.9 Å². The van der Waals surface area contributed by atoms with Gasteiger partial charge in [0.25, 0.3) is 0 Å². The fourth-order valence-corrected chi connectivity index (χ4v) is 8.51. The first-order valence-corrected chi connectivity index (χ1v) is 13.1. The van der Waals surface area contributed by atoms with Crippen molar-refractivity contribution in [2.24, 2.45) is 0 Å². The highest BCUT2D eigenvalue weighted by Crippen LogP contribution is 2.59. The molecule has 4 aromatic rings. The Morgan fingerprint density at radius 3 is 1.64 bits per heavy atom. The zero-order valence-electron chi connectivity index (χ0n) is 19.0. The molecule has 166 valence electrons. The lowest BCUT2D eigenvalue weighted by Gasteiger charge is -2.28. The summed E-state index contributed by atoms with van der Waals surface area (Å²) in [5, 5.41) is 3.85. The van der Waals surface area contributed by atoms with E-state index in [0.29, 0.717) is 12.2 Å². The molecule has 0 heterocycles. The third-order valence-electron chi connectivity index (χ3n) is 5.79. The Balaban J connectivity index is 1.97. The minimum Gasteiger partial charge on any atom is -0.496 e. The Hall–Kier alpha value is -3.42. The second kappa shape index (κ2) is 10.5. The van der Waals surface area contributed by atoms with E-state index < -0.39 is 7.26 Å². The molecule has 0 saturated carbocycles. The monoisotopic (exact) mass is 455 g/mol. The Kier molecular flexibility index (Phi) is 7.22. The van der Waals surface area contributed by atoms with E-state index in [4.69, 9.17) is 9.47 Å². The topological polar surface area (TPSA) is 35.5 Å². The smallest absolute Gasteiger partial charge is 0.338 e. The van der Waals surface area contributed by atoms with Crippen LogP contribution in [0.25, 0.3) is 0 Å². The van der Waals surface area contributed by atoms with Gasteiger partial charge in [0, 0.05) is 5.56 Å². The van der Waals surface area contributed by atoms with E-state index in [1.54, 1.807) is 13.2 Å². The van der Waals surface area contributed by atoms with Gasteiger partial charge in [0.15, 0.2) is 0 Å². The van der Waals surface area contributed by atoms with Crippen LogP contribution in [0.3, 0.4) is 0 Å². The second-order valence-electron chi connectivity index (χ2n) is 7.72. The van der Waals surface area contributed by atoms with Crippen molar-refractivity contribution in [2.45, 2.75) is 13.1 Å².